The summed E-state index contributed by atoms with van der Waals surface area (Å²) in [4.78, 5) is 16.0. The van der Waals surface area contributed by atoms with Crippen LogP contribution in [0, 0.1) is 0 Å². The summed E-state index contributed by atoms with van der Waals surface area (Å²) in [6, 6.07) is 7.37. The summed E-state index contributed by atoms with van der Waals surface area (Å²) < 4.78 is 15.7. The number of allylic oxidation sites excluding steroid dienone is 1. The number of oxazole rings is 1. The topological polar surface area (TPSA) is 61.6 Å². The van der Waals surface area contributed by atoms with Crippen LogP contribution in [0.25, 0.3) is 11.5 Å². The van der Waals surface area contributed by atoms with E-state index < -0.39 is 0 Å². The van der Waals surface area contributed by atoms with E-state index in [9.17, 15) is 4.79 Å². The third kappa shape index (κ3) is 3.97. The molecule has 0 bridgehead atoms. The highest BCUT2D eigenvalue weighted by Gasteiger charge is 2.10. The van der Waals surface area contributed by atoms with Crippen LogP contribution >= 0.6 is 0 Å². The lowest BCUT2D eigenvalue weighted by atomic mass is 10.2. The molecule has 0 aliphatic rings. The normalized spacial score (nSPS) is 11.3. The molecule has 2 rings (SSSR count). The van der Waals surface area contributed by atoms with Crippen molar-refractivity contribution in [2.45, 2.75) is 26.9 Å². The number of benzene rings is 1. The minimum absolute atomic E-state index is 0.0907. The van der Waals surface area contributed by atoms with Gasteiger partial charge >= 0.3 is 5.97 Å². The maximum absolute atomic E-state index is 11.7. The molecule has 0 fully saturated rings. The van der Waals surface area contributed by atoms with Gasteiger partial charge < -0.3 is 13.9 Å². The van der Waals surface area contributed by atoms with Crippen molar-refractivity contribution in [3.63, 3.8) is 0 Å². The van der Waals surface area contributed by atoms with Gasteiger partial charge in [-0.1, -0.05) is 13.0 Å². The summed E-state index contributed by atoms with van der Waals surface area (Å²) in [7, 11) is 1.61. The molecule has 22 heavy (non-hydrogen) atoms. The van der Waals surface area contributed by atoms with E-state index in [1.165, 1.54) is 6.26 Å². The van der Waals surface area contributed by atoms with Gasteiger partial charge in [-0.3, -0.25) is 0 Å². The van der Waals surface area contributed by atoms with Crippen LogP contribution in [0.5, 0.6) is 5.75 Å². The largest absolute Gasteiger partial charge is 0.497 e. The molecule has 0 saturated carbocycles. The molecule has 0 N–H and O–H groups in total. The molecule has 1 aromatic carbocycles. The molecule has 0 aliphatic heterocycles. The summed E-state index contributed by atoms with van der Waals surface area (Å²) in [6.45, 7) is 3.79. The van der Waals surface area contributed by atoms with E-state index in [1.807, 2.05) is 37.3 Å². The summed E-state index contributed by atoms with van der Waals surface area (Å²) >= 11 is 0. The molecule has 0 aliphatic carbocycles. The Hall–Kier alpha value is -2.56. The Morgan fingerprint density at radius 3 is 2.68 bits per heavy atom. The number of methoxy groups -OCH3 is 1. The molecular weight excluding hydrogens is 282 g/mol. The Kier molecular flexibility index (Phi) is 5.36. The van der Waals surface area contributed by atoms with Crippen LogP contribution in [0.15, 0.2) is 46.6 Å². The minimum Gasteiger partial charge on any atom is -0.497 e. The fourth-order valence-electron chi connectivity index (χ4n) is 1.88. The van der Waals surface area contributed by atoms with Crippen molar-refractivity contribution in [1.29, 1.82) is 0 Å². The third-order valence-electron chi connectivity index (χ3n) is 3.07. The number of rotatable bonds is 6. The summed E-state index contributed by atoms with van der Waals surface area (Å²) in [5.41, 5.74) is 2.00. The standard InChI is InChI=1S/C17H19NO4/c1-4-5-12(2)17(19)22-11-14-10-21-16(18-14)13-6-8-15(20-3)9-7-13/h5-10H,4,11H2,1-3H3/b12-5-. The molecule has 5 nitrogen and oxygen atoms in total. The van der Waals surface area contributed by atoms with Crippen LogP contribution in [-0.2, 0) is 16.1 Å². The number of carbonyl (C=O) groups is 1. The van der Waals surface area contributed by atoms with E-state index in [1.54, 1.807) is 14.0 Å². The lowest BCUT2D eigenvalue weighted by molar-refractivity contribution is -0.140. The average molecular weight is 301 g/mol. The van der Waals surface area contributed by atoms with Gasteiger partial charge in [0.15, 0.2) is 0 Å². The fourth-order valence-corrected chi connectivity index (χ4v) is 1.88. The molecule has 0 spiro atoms. The van der Waals surface area contributed by atoms with Crippen LogP contribution in [0.1, 0.15) is 26.0 Å². The van der Waals surface area contributed by atoms with Gasteiger partial charge in [-0.25, -0.2) is 9.78 Å². The highest BCUT2D eigenvalue weighted by molar-refractivity contribution is 5.87. The molecule has 0 saturated heterocycles. The third-order valence-corrected chi connectivity index (χ3v) is 3.07. The number of hydrogen-bond acceptors (Lipinski definition) is 5. The van der Waals surface area contributed by atoms with Crippen molar-refractivity contribution in [3.8, 4) is 17.2 Å². The zero-order chi connectivity index (χ0) is 15.9. The van der Waals surface area contributed by atoms with E-state index in [0.29, 0.717) is 17.2 Å². The predicted molar refractivity (Wildman–Crippen MR) is 82.3 cm³/mol. The van der Waals surface area contributed by atoms with E-state index >= 15 is 0 Å². The molecule has 1 heterocycles. The molecule has 5 heteroatoms. The first-order valence-corrected chi connectivity index (χ1v) is 7.06. The van der Waals surface area contributed by atoms with Gasteiger partial charge in [0, 0.05) is 11.1 Å². The smallest absolute Gasteiger partial charge is 0.333 e. The average Bonchev–Trinajstić information content (AvgIpc) is 3.02. The summed E-state index contributed by atoms with van der Waals surface area (Å²) in [5.74, 6) is 0.910. The highest BCUT2D eigenvalue weighted by Crippen LogP contribution is 2.22. The quantitative estimate of drug-likeness (QED) is 0.600. The second-order valence-electron chi connectivity index (χ2n) is 4.74. The zero-order valence-corrected chi connectivity index (χ0v) is 13.0. The van der Waals surface area contributed by atoms with Gasteiger partial charge in [0.05, 0.1) is 7.11 Å². The molecule has 0 radical (unpaired) electrons. The first kappa shape index (κ1) is 15.8. The van der Waals surface area contributed by atoms with Crippen LogP contribution in [0.3, 0.4) is 0 Å². The van der Waals surface area contributed by atoms with E-state index in [4.69, 9.17) is 13.9 Å². The lowest BCUT2D eigenvalue weighted by Gasteiger charge is -2.02. The molecular formula is C17H19NO4. The van der Waals surface area contributed by atoms with E-state index in [0.717, 1.165) is 17.7 Å². The van der Waals surface area contributed by atoms with Gasteiger partial charge in [0.25, 0.3) is 0 Å². The number of carbonyl (C=O) groups excluding carboxylic acids is 1. The molecule has 2 aromatic rings. The Labute approximate surface area is 129 Å². The van der Waals surface area contributed by atoms with Crippen LogP contribution in [0.4, 0.5) is 0 Å². The second kappa shape index (κ2) is 7.45. The maximum atomic E-state index is 11.7. The van der Waals surface area contributed by atoms with Crippen LogP contribution < -0.4 is 4.74 Å². The molecule has 0 amide bonds. The monoisotopic (exact) mass is 301 g/mol. The minimum atomic E-state index is -0.337. The van der Waals surface area contributed by atoms with Gasteiger partial charge in [0.1, 0.15) is 24.3 Å². The van der Waals surface area contributed by atoms with E-state index in [-0.39, 0.29) is 12.6 Å². The Balaban J connectivity index is 1.99. The Morgan fingerprint density at radius 2 is 2.05 bits per heavy atom. The number of nitrogens with zero attached hydrogens (tertiary/aromatic N) is 1. The fraction of sp³-hybridized carbons (Fsp3) is 0.294. The molecule has 0 atom stereocenters. The number of ether oxygens (including phenoxy) is 2. The first-order chi connectivity index (χ1) is 10.6. The van der Waals surface area contributed by atoms with Crippen LogP contribution in [0.2, 0.25) is 0 Å². The van der Waals surface area contributed by atoms with Crippen LogP contribution in [-0.4, -0.2) is 18.1 Å². The zero-order valence-electron chi connectivity index (χ0n) is 13.0. The van der Waals surface area contributed by atoms with Crippen molar-refractivity contribution in [2.75, 3.05) is 7.11 Å². The van der Waals surface area contributed by atoms with Gasteiger partial charge in [-0.05, 0) is 37.6 Å². The molecule has 0 unspecified atom stereocenters. The van der Waals surface area contributed by atoms with Crippen molar-refractivity contribution in [1.82, 2.24) is 4.98 Å². The van der Waals surface area contributed by atoms with Gasteiger partial charge in [0.2, 0.25) is 5.89 Å². The SMILES string of the molecule is CC/C=C(/C)C(=O)OCc1coc(-c2ccc(OC)cc2)n1. The first-order valence-electron chi connectivity index (χ1n) is 7.06. The number of aromatic nitrogens is 1. The number of hydrogen-bond donors (Lipinski definition) is 0. The Bertz CT molecular complexity index is 656. The lowest BCUT2D eigenvalue weighted by Crippen LogP contribution is -2.06. The maximum Gasteiger partial charge on any atom is 0.333 e. The van der Waals surface area contributed by atoms with Crippen molar-refractivity contribution >= 4 is 5.97 Å². The van der Waals surface area contributed by atoms with Gasteiger partial charge in [-0.2, -0.15) is 0 Å². The van der Waals surface area contributed by atoms with Crippen molar-refractivity contribution in [3.05, 3.63) is 47.9 Å². The molecule has 1 aromatic heterocycles. The van der Waals surface area contributed by atoms with E-state index in [2.05, 4.69) is 4.98 Å². The second-order valence-corrected chi connectivity index (χ2v) is 4.74. The Morgan fingerprint density at radius 1 is 1.32 bits per heavy atom. The summed E-state index contributed by atoms with van der Waals surface area (Å²) in [6.07, 6.45) is 4.12. The van der Waals surface area contributed by atoms with Crippen molar-refractivity contribution < 1.29 is 18.7 Å². The van der Waals surface area contributed by atoms with Crippen molar-refractivity contribution in [2.24, 2.45) is 0 Å². The predicted octanol–water partition coefficient (Wildman–Crippen LogP) is 3.75. The molecule has 116 valence electrons. The van der Waals surface area contributed by atoms with Gasteiger partial charge in [-0.15, -0.1) is 0 Å². The number of esters is 1. The highest BCUT2D eigenvalue weighted by atomic mass is 16.5. The summed E-state index contributed by atoms with van der Waals surface area (Å²) in [5, 5.41) is 0.